The van der Waals surface area contributed by atoms with Crippen LogP contribution in [0.3, 0.4) is 0 Å². The van der Waals surface area contributed by atoms with Gasteiger partial charge in [0.05, 0.1) is 17.5 Å². The van der Waals surface area contributed by atoms with Crippen LogP contribution in [0.25, 0.3) is 5.69 Å². The van der Waals surface area contributed by atoms with Crippen LogP contribution in [0.4, 0.5) is 0 Å². The van der Waals surface area contributed by atoms with E-state index in [-0.39, 0.29) is 6.10 Å². The van der Waals surface area contributed by atoms with Crippen molar-refractivity contribution in [3.63, 3.8) is 0 Å². The zero-order valence-electron chi connectivity index (χ0n) is 17.4. The van der Waals surface area contributed by atoms with Gasteiger partial charge in [0, 0.05) is 57.5 Å². The summed E-state index contributed by atoms with van der Waals surface area (Å²) in [6, 6.07) is 11.0. The fraction of sp³-hybridized carbons (Fsp3) is 0.591. The second-order valence-corrected chi connectivity index (χ2v) is 8.51. The highest BCUT2D eigenvalue weighted by Gasteiger charge is 2.33. The molecule has 2 aromatic rings. The molecule has 1 aromatic heterocycles. The molecular weight excluding hydrogens is 350 g/mol. The molecule has 2 saturated heterocycles. The molecule has 1 aromatic carbocycles. The number of likely N-dealkylation sites (tertiary alicyclic amines) is 1. The molecule has 28 heavy (non-hydrogen) atoms. The van der Waals surface area contributed by atoms with E-state index in [1.807, 2.05) is 11.6 Å². The standard InChI is InChI=1S/C22H33N5O/c1-17-13-18(2)27(23-17)20-6-4-5-19(14-20)15-25-8-7-21(22(28)16-25)26-11-9-24(3)10-12-26/h4-6,13-14,21-22,28H,7-12,15-16H2,1-3H3/t21-,22-/m1/s1. The molecular formula is C22H33N5O. The second-order valence-electron chi connectivity index (χ2n) is 8.51. The largest absolute Gasteiger partial charge is 0.390 e. The fourth-order valence-corrected chi connectivity index (χ4v) is 4.64. The molecule has 0 spiro atoms. The average molecular weight is 384 g/mol. The quantitative estimate of drug-likeness (QED) is 0.870. The van der Waals surface area contributed by atoms with E-state index in [1.165, 1.54) is 5.56 Å². The molecule has 152 valence electrons. The third-order valence-corrected chi connectivity index (χ3v) is 6.21. The maximum Gasteiger partial charge on any atom is 0.0822 e. The van der Waals surface area contributed by atoms with Gasteiger partial charge in [-0.05, 0) is 51.1 Å². The lowest BCUT2D eigenvalue weighted by atomic mass is 9.98. The number of likely N-dealkylation sites (N-methyl/N-ethyl adjacent to an activating group) is 1. The zero-order valence-corrected chi connectivity index (χ0v) is 17.4. The summed E-state index contributed by atoms with van der Waals surface area (Å²) in [7, 11) is 2.18. The average Bonchev–Trinajstić information content (AvgIpc) is 3.01. The van der Waals surface area contributed by atoms with Gasteiger partial charge in [-0.25, -0.2) is 4.68 Å². The van der Waals surface area contributed by atoms with Gasteiger partial charge in [-0.15, -0.1) is 0 Å². The smallest absolute Gasteiger partial charge is 0.0822 e. The lowest BCUT2D eigenvalue weighted by molar-refractivity contribution is -0.0286. The Morgan fingerprint density at radius 2 is 1.86 bits per heavy atom. The molecule has 0 radical (unpaired) electrons. The van der Waals surface area contributed by atoms with Crippen molar-refractivity contribution in [2.45, 2.75) is 39.0 Å². The van der Waals surface area contributed by atoms with E-state index in [0.29, 0.717) is 6.04 Å². The Bertz CT molecular complexity index is 796. The number of benzene rings is 1. The third kappa shape index (κ3) is 4.30. The van der Waals surface area contributed by atoms with E-state index in [9.17, 15) is 5.11 Å². The molecule has 0 amide bonds. The Labute approximate surface area is 168 Å². The van der Waals surface area contributed by atoms with Gasteiger partial charge in [0.15, 0.2) is 0 Å². The molecule has 0 bridgehead atoms. The number of aliphatic hydroxyl groups excluding tert-OH is 1. The minimum absolute atomic E-state index is 0.267. The lowest BCUT2D eigenvalue weighted by Gasteiger charge is -2.44. The molecule has 6 nitrogen and oxygen atoms in total. The maximum absolute atomic E-state index is 10.8. The van der Waals surface area contributed by atoms with Crippen molar-refractivity contribution in [2.24, 2.45) is 0 Å². The van der Waals surface area contributed by atoms with Gasteiger partial charge in [0.1, 0.15) is 0 Å². The van der Waals surface area contributed by atoms with Crippen molar-refractivity contribution in [1.82, 2.24) is 24.5 Å². The van der Waals surface area contributed by atoms with E-state index in [1.54, 1.807) is 0 Å². The topological polar surface area (TPSA) is 47.8 Å². The number of piperazine rings is 1. The van der Waals surface area contributed by atoms with Crippen molar-refractivity contribution in [2.75, 3.05) is 46.3 Å². The first-order valence-electron chi connectivity index (χ1n) is 10.5. The highest BCUT2D eigenvalue weighted by atomic mass is 16.3. The molecule has 0 aliphatic carbocycles. The van der Waals surface area contributed by atoms with Gasteiger partial charge in [-0.1, -0.05) is 12.1 Å². The summed E-state index contributed by atoms with van der Waals surface area (Å²) in [5.41, 5.74) is 4.57. The van der Waals surface area contributed by atoms with Crippen molar-refractivity contribution in [3.05, 3.63) is 47.3 Å². The lowest BCUT2D eigenvalue weighted by Crippen LogP contribution is -2.58. The summed E-state index contributed by atoms with van der Waals surface area (Å²) in [6.07, 6.45) is 0.776. The fourth-order valence-electron chi connectivity index (χ4n) is 4.64. The summed E-state index contributed by atoms with van der Waals surface area (Å²) in [5, 5.41) is 15.4. The van der Waals surface area contributed by atoms with Crippen LogP contribution in [-0.2, 0) is 6.54 Å². The summed E-state index contributed by atoms with van der Waals surface area (Å²) in [5.74, 6) is 0. The van der Waals surface area contributed by atoms with E-state index in [0.717, 1.165) is 69.3 Å². The monoisotopic (exact) mass is 383 g/mol. The molecule has 0 saturated carbocycles. The minimum Gasteiger partial charge on any atom is -0.390 e. The Balaban J connectivity index is 1.38. The summed E-state index contributed by atoms with van der Waals surface area (Å²) >= 11 is 0. The number of nitrogens with zero attached hydrogens (tertiary/aromatic N) is 5. The summed E-state index contributed by atoms with van der Waals surface area (Å²) in [6.45, 7) is 11.1. The van der Waals surface area contributed by atoms with Crippen molar-refractivity contribution < 1.29 is 5.11 Å². The van der Waals surface area contributed by atoms with Gasteiger partial charge in [-0.2, -0.15) is 5.10 Å². The molecule has 1 N–H and O–H groups in total. The molecule has 2 aliphatic heterocycles. The first-order chi connectivity index (χ1) is 13.5. The normalized spacial score (nSPS) is 25.3. The number of rotatable bonds is 4. The molecule has 6 heteroatoms. The van der Waals surface area contributed by atoms with Crippen LogP contribution in [0.5, 0.6) is 0 Å². The van der Waals surface area contributed by atoms with E-state index in [2.05, 4.69) is 64.1 Å². The van der Waals surface area contributed by atoms with Crippen molar-refractivity contribution in [1.29, 1.82) is 0 Å². The highest BCUT2D eigenvalue weighted by Crippen LogP contribution is 2.21. The molecule has 2 atom stereocenters. The number of hydrogen-bond acceptors (Lipinski definition) is 5. The Morgan fingerprint density at radius 1 is 1.07 bits per heavy atom. The Hall–Kier alpha value is -1.73. The van der Waals surface area contributed by atoms with Crippen LogP contribution < -0.4 is 0 Å². The second kappa shape index (κ2) is 8.33. The van der Waals surface area contributed by atoms with Gasteiger partial charge >= 0.3 is 0 Å². The van der Waals surface area contributed by atoms with Gasteiger partial charge in [-0.3, -0.25) is 9.80 Å². The summed E-state index contributed by atoms with van der Waals surface area (Å²) in [4.78, 5) is 7.25. The van der Waals surface area contributed by atoms with Crippen molar-refractivity contribution >= 4 is 0 Å². The minimum atomic E-state index is -0.267. The van der Waals surface area contributed by atoms with Gasteiger partial charge in [0.25, 0.3) is 0 Å². The number of aryl methyl sites for hydroxylation is 2. The van der Waals surface area contributed by atoms with Crippen LogP contribution in [0.15, 0.2) is 30.3 Å². The SMILES string of the molecule is Cc1cc(C)n(-c2cccc(CN3CC[C@@H](N4CCN(C)CC4)[C@H](O)C3)c2)n1. The number of aromatic nitrogens is 2. The Kier molecular flexibility index (Phi) is 5.83. The molecule has 0 unspecified atom stereocenters. The predicted octanol–water partition coefficient (Wildman–Crippen LogP) is 1.67. The molecule has 2 fully saturated rings. The molecule has 4 rings (SSSR count). The van der Waals surface area contributed by atoms with Crippen molar-refractivity contribution in [3.8, 4) is 5.69 Å². The summed E-state index contributed by atoms with van der Waals surface area (Å²) < 4.78 is 2.01. The Morgan fingerprint density at radius 3 is 2.54 bits per heavy atom. The number of aliphatic hydroxyl groups is 1. The molecule has 3 heterocycles. The maximum atomic E-state index is 10.8. The van der Waals surface area contributed by atoms with E-state index in [4.69, 9.17) is 0 Å². The first kappa shape index (κ1) is 19.6. The van der Waals surface area contributed by atoms with Crippen LogP contribution in [0, 0.1) is 13.8 Å². The van der Waals surface area contributed by atoms with E-state index < -0.39 is 0 Å². The van der Waals surface area contributed by atoms with Crippen LogP contribution in [0.1, 0.15) is 23.4 Å². The van der Waals surface area contributed by atoms with Gasteiger partial charge in [0.2, 0.25) is 0 Å². The van der Waals surface area contributed by atoms with Gasteiger partial charge < -0.3 is 10.0 Å². The zero-order chi connectivity index (χ0) is 19.7. The molecule has 2 aliphatic rings. The number of hydrogen-bond donors (Lipinski definition) is 1. The number of piperidine rings is 1. The number of β-amino-alcohol motifs (C(OH)–C–C–N with tert-alkyl or cyclic N) is 1. The first-order valence-corrected chi connectivity index (χ1v) is 10.5. The predicted molar refractivity (Wildman–Crippen MR) is 112 cm³/mol. The van der Waals surface area contributed by atoms with Crippen LogP contribution in [-0.4, -0.2) is 88.0 Å². The van der Waals surface area contributed by atoms with Crippen LogP contribution >= 0.6 is 0 Å². The van der Waals surface area contributed by atoms with Crippen LogP contribution in [0.2, 0.25) is 0 Å². The highest BCUT2D eigenvalue weighted by molar-refractivity contribution is 5.37. The third-order valence-electron chi connectivity index (χ3n) is 6.21. The van der Waals surface area contributed by atoms with E-state index >= 15 is 0 Å².